The van der Waals surface area contributed by atoms with Crippen molar-refractivity contribution >= 4 is 37.5 Å². The molecule has 0 unspecified atom stereocenters. The second-order valence-electron chi connectivity index (χ2n) is 8.47. The van der Waals surface area contributed by atoms with Gasteiger partial charge in [0.05, 0.1) is 15.5 Å². The number of hydrogen-bond donors (Lipinski definition) is 3. The number of isocyanates is 1. The Labute approximate surface area is 201 Å². The zero-order valence-electron chi connectivity index (χ0n) is 18.8. The lowest BCUT2D eigenvalue weighted by Gasteiger charge is -2.12. The van der Waals surface area contributed by atoms with Crippen molar-refractivity contribution < 1.29 is 21.6 Å². The van der Waals surface area contributed by atoms with Gasteiger partial charge >= 0.3 is 0 Å². The van der Waals surface area contributed by atoms with Gasteiger partial charge in [0.25, 0.3) is 0 Å². The molecule has 2 aromatic carbocycles. The van der Waals surface area contributed by atoms with Crippen LogP contribution in [-0.4, -0.2) is 35.0 Å². The molecule has 34 heavy (non-hydrogen) atoms. The minimum absolute atomic E-state index is 0.0441. The van der Waals surface area contributed by atoms with Crippen molar-refractivity contribution in [2.24, 2.45) is 4.99 Å². The van der Waals surface area contributed by atoms with Crippen LogP contribution in [0.2, 0.25) is 0 Å². The van der Waals surface area contributed by atoms with Crippen molar-refractivity contribution in [2.45, 2.75) is 73.2 Å². The normalized spacial score (nSPS) is 17.1. The third kappa shape index (κ3) is 7.48. The fraction of sp³-hybridized carbons (Fsp3) is 0.435. The first-order chi connectivity index (χ1) is 16.2. The van der Waals surface area contributed by atoms with E-state index in [1.807, 2.05) is 0 Å². The molecule has 0 amide bonds. The number of nitrogens with two attached hydrogens (primary N) is 1. The molecule has 0 aromatic heterocycles. The number of nitrogens with one attached hydrogen (secondary N) is 2. The van der Waals surface area contributed by atoms with Crippen LogP contribution in [0.15, 0.2) is 63.3 Å². The van der Waals surface area contributed by atoms with Gasteiger partial charge in [0, 0.05) is 17.8 Å². The number of benzene rings is 2. The maximum atomic E-state index is 12.0. The summed E-state index contributed by atoms with van der Waals surface area (Å²) >= 11 is 0. The molecule has 2 aliphatic rings. The summed E-state index contributed by atoms with van der Waals surface area (Å²) in [7, 11) is -6.83. The molecule has 184 valence electrons. The number of nitrogen functional groups attached to an aromatic ring is 1. The predicted molar refractivity (Wildman–Crippen MR) is 130 cm³/mol. The highest BCUT2D eigenvalue weighted by atomic mass is 32.2. The maximum absolute atomic E-state index is 12.0. The van der Waals surface area contributed by atoms with Crippen LogP contribution in [0.3, 0.4) is 0 Å². The fourth-order valence-electron chi connectivity index (χ4n) is 4.06. The van der Waals surface area contributed by atoms with E-state index in [9.17, 15) is 21.6 Å². The standard InChI is InChI=1S/C12H14N2O3S.C11H16N2O2S/c15-9-13-10-5-7-12(8-6-10)18(16,17)14-11-3-1-2-4-11;12-9-5-7-11(8-6-9)16(14,15)13-10-3-1-2-4-10/h5-8,11,14H,1-4H2;5-8,10,13H,1-4,12H2. The lowest BCUT2D eigenvalue weighted by Crippen LogP contribution is -2.32. The van der Waals surface area contributed by atoms with Gasteiger partial charge < -0.3 is 5.73 Å². The summed E-state index contributed by atoms with van der Waals surface area (Å²) in [5.41, 5.74) is 6.48. The number of anilines is 1. The van der Waals surface area contributed by atoms with Crippen molar-refractivity contribution in [2.75, 3.05) is 5.73 Å². The summed E-state index contributed by atoms with van der Waals surface area (Å²) in [5.74, 6) is 0. The van der Waals surface area contributed by atoms with E-state index in [0.29, 0.717) is 11.4 Å². The molecule has 2 saturated carbocycles. The molecule has 2 aromatic rings. The second-order valence-corrected chi connectivity index (χ2v) is 11.9. The van der Waals surface area contributed by atoms with Gasteiger partial charge in [-0.05, 0) is 74.2 Å². The van der Waals surface area contributed by atoms with Gasteiger partial charge in [-0.15, -0.1) is 0 Å². The van der Waals surface area contributed by atoms with Crippen molar-refractivity contribution in [3.63, 3.8) is 0 Å². The molecule has 0 bridgehead atoms. The molecule has 4 N–H and O–H groups in total. The average Bonchev–Trinajstić information content (AvgIpc) is 3.49. The van der Waals surface area contributed by atoms with Crippen LogP contribution in [-0.2, 0) is 24.8 Å². The molecule has 2 fully saturated rings. The first-order valence-electron chi connectivity index (χ1n) is 11.3. The Morgan fingerprint density at radius 2 is 1.09 bits per heavy atom. The highest BCUT2D eigenvalue weighted by molar-refractivity contribution is 7.89. The van der Waals surface area contributed by atoms with Crippen LogP contribution in [0.5, 0.6) is 0 Å². The minimum atomic E-state index is -3.47. The molecule has 0 radical (unpaired) electrons. The van der Waals surface area contributed by atoms with Crippen molar-refractivity contribution in [3.05, 3.63) is 48.5 Å². The van der Waals surface area contributed by atoms with Crippen LogP contribution >= 0.6 is 0 Å². The number of sulfonamides is 2. The first kappa shape index (κ1) is 26.1. The first-order valence-corrected chi connectivity index (χ1v) is 14.2. The number of rotatable bonds is 7. The van der Waals surface area contributed by atoms with Gasteiger partial charge in [-0.25, -0.2) is 31.1 Å². The van der Waals surface area contributed by atoms with E-state index >= 15 is 0 Å². The number of aliphatic imine (C=N–C) groups is 1. The van der Waals surface area contributed by atoms with Gasteiger partial charge in [-0.1, -0.05) is 25.7 Å². The minimum Gasteiger partial charge on any atom is -0.399 e. The Hall–Kier alpha value is -2.56. The van der Waals surface area contributed by atoms with Crippen LogP contribution in [0.1, 0.15) is 51.4 Å². The summed E-state index contributed by atoms with van der Waals surface area (Å²) in [6, 6.07) is 12.2. The fourth-order valence-corrected chi connectivity index (χ4v) is 6.67. The molecular formula is C23H30N4O5S2. The van der Waals surface area contributed by atoms with Gasteiger partial charge in [0.2, 0.25) is 26.1 Å². The number of hydrogen-bond acceptors (Lipinski definition) is 7. The molecule has 9 nitrogen and oxygen atoms in total. The zero-order valence-corrected chi connectivity index (χ0v) is 20.4. The van der Waals surface area contributed by atoms with E-state index in [1.165, 1.54) is 42.5 Å². The monoisotopic (exact) mass is 506 g/mol. The SMILES string of the molecule is Nc1ccc(S(=O)(=O)NC2CCCC2)cc1.O=C=Nc1ccc(S(=O)(=O)NC2CCCC2)cc1. The molecular weight excluding hydrogens is 476 g/mol. The lowest BCUT2D eigenvalue weighted by molar-refractivity contribution is 0.550. The Morgan fingerprint density at radius 1 is 0.706 bits per heavy atom. The summed E-state index contributed by atoms with van der Waals surface area (Å²) in [4.78, 5) is 14.0. The molecule has 11 heteroatoms. The van der Waals surface area contributed by atoms with Gasteiger partial charge in [-0.2, -0.15) is 4.99 Å². The smallest absolute Gasteiger partial charge is 0.240 e. The number of carbonyl (C=O) groups excluding carboxylic acids is 1. The van der Waals surface area contributed by atoms with Gasteiger partial charge in [0.1, 0.15) is 0 Å². The zero-order chi connectivity index (χ0) is 24.6. The van der Waals surface area contributed by atoms with Crippen LogP contribution in [0.25, 0.3) is 0 Å². The van der Waals surface area contributed by atoms with E-state index < -0.39 is 20.0 Å². The quantitative estimate of drug-likeness (QED) is 0.298. The van der Waals surface area contributed by atoms with Crippen LogP contribution < -0.4 is 15.2 Å². The Morgan fingerprint density at radius 3 is 1.47 bits per heavy atom. The third-order valence-electron chi connectivity index (χ3n) is 5.87. The topological polar surface area (TPSA) is 148 Å². The van der Waals surface area contributed by atoms with E-state index in [2.05, 4.69) is 14.4 Å². The van der Waals surface area contributed by atoms with E-state index in [4.69, 9.17) is 5.73 Å². The molecule has 0 atom stereocenters. The van der Waals surface area contributed by atoms with Crippen LogP contribution in [0.4, 0.5) is 11.4 Å². The highest BCUT2D eigenvalue weighted by Gasteiger charge is 2.23. The Balaban J connectivity index is 0.000000192. The van der Waals surface area contributed by atoms with Crippen LogP contribution in [0, 0.1) is 0 Å². The molecule has 0 heterocycles. The molecule has 0 saturated heterocycles. The van der Waals surface area contributed by atoms with E-state index in [-0.39, 0.29) is 21.9 Å². The van der Waals surface area contributed by atoms with Crippen molar-refractivity contribution in [1.29, 1.82) is 0 Å². The van der Waals surface area contributed by atoms with Crippen molar-refractivity contribution in [3.8, 4) is 0 Å². The second kappa shape index (κ2) is 11.7. The van der Waals surface area contributed by atoms with Gasteiger partial charge in [-0.3, -0.25) is 0 Å². The summed E-state index contributed by atoms with van der Waals surface area (Å²) < 4.78 is 53.4. The van der Waals surface area contributed by atoms with Gasteiger partial charge in [0.15, 0.2) is 0 Å². The molecule has 0 spiro atoms. The Kier molecular flexibility index (Phi) is 8.98. The lowest BCUT2D eigenvalue weighted by atomic mass is 10.3. The highest BCUT2D eigenvalue weighted by Crippen LogP contribution is 2.22. The molecule has 2 aliphatic carbocycles. The Bertz CT molecular complexity index is 1200. The largest absolute Gasteiger partial charge is 0.399 e. The van der Waals surface area contributed by atoms with E-state index in [1.54, 1.807) is 12.1 Å². The molecule has 4 rings (SSSR count). The summed E-state index contributed by atoms with van der Waals surface area (Å²) in [6.45, 7) is 0. The summed E-state index contributed by atoms with van der Waals surface area (Å²) in [5, 5.41) is 0. The maximum Gasteiger partial charge on any atom is 0.240 e. The predicted octanol–water partition coefficient (Wildman–Crippen LogP) is 3.36. The average molecular weight is 507 g/mol. The number of nitrogens with zero attached hydrogens (tertiary/aromatic N) is 1. The molecule has 0 aliphatic heterocycles. The van der Waals surface area contributed by atoms with Crippen molar-refractivity contribution in [1.82, 2.24) is 9.44 Å². The summed E-state index contributed by atoms with van der Waals surface area (Å²) in [6.07, 6.45) is 9.43. The third-order valence-corrected chi connectivity index (χ3v) is 8.94. The van der Waals surface area contributed by atoms with E-state index in [0.717, 1.165) is 51.4 Å².